The fourth-order valence-corrected chi connectivity index (χ4v) is 6.76. The molecule has 1 aliphatic carbocycles. The number of carbonyl (C=O) groups is 1. The molecule has 7 nitrogen and oxygen atoms in total. The lowest BCUT2D eigenvalue weighted by molar-refractivity contribution is 0.0861. The second-order valence-corrected chi connectivity index (χ2v) is 11.2. The van der Waals surface area contributed by atoms with Gasteiger partial charge in [0.1, 0.15) is 10.6 Å². The Bertz CT molecular complexity index is 1560. The summed E-state index contributed by atoms with van der Waals surface area (Å²) in [6.45, 7) is 2.57. The Labute approximate surface area is 226 Å². The predicted molar refractivity (Wildman–Crippen MR) is 150 cm³/mol. The highest BCUT2D eigenvalue weighted by Crippen LogP contribution is 2.44. The summed E-state index contributed by atoms with van der Waals surface area (Å²) in [5.74, 6) is 1.45. The molecule has 0 spiro atoms. The van der Waals surface area contributed by atoms with Gasteiger partial charge in [-0.2, -0.15) is 5.10 Å². The number of carbonyl (C=O) groups excluding carboxylic acids is 1. The maximum absolute atomic E-state index is 13.7. The number of hydrogen-bond acceptors (Lipinski definition) is 6. The maximum Gasteiger partial charge on any atom is 0.266 e. The van der Waals surface area contributed by atoms with Gasteiger partial charge in [-0.25, -0.2) is 4.99 Å². The van der Waals surface area contributed by atoms with Crippen LogP contribution in [0.3, 0.4) is 0 Å². The maximum atomic E-state index is 13.7. The van der Waals surface area contributed by atoms with Crippen molar-refractivity contribution in [3.8, 4) is 11.3 Å². The van der Waals surface area contributed by atoms with Gasteiger partial charge in [0.25, 0.3) is 5.91 Å². The topological polar surface area (TPSA) is 66.6 Å². The van der Waals surface area contributed by atoms with Crippen molar-refractivity contribution in [2.24, 2.45) is 4.99 Å². The Morgan fingerprint density at radius 2 is 1.79 bits per heavy atom. The molecule has 190 valence electrons. The van der Waals surface area contributed by atoms with Crippen molar-refractivity contribution in [3.05, 3.63) is 89.6 Å². The summed E-state index contributed by atoms with van der Waals surface area (Å²) in [6, 6.07) is 25.3. The SMILES string of the molecule is Cc1cccc(-c2ccc(Cn3nc4c(c3Sc3ccccc3)C(=O)N(C)C3=N[C@@H]5CCC[C@@H]5N34)cc2)n1. The van der Waals surface area contributed by atoms with Gasteiger partial charge in [-0.1, -0.05) is 60.3 Å². The van der Waals surface area contributed by atoms with Crippen LogP contribution < -0.4 is 4.90 Å². The molecule has 38 heavy (non-hydrogen) atoms. The molecule has 1 saturated carbocycles. The molecule has 0 N–H and O–H groups in total. The van der Waals surface area contributed by atoms with Gasteiger partial charge in [-0.3, -0.25) is 24.3 Å². The number of aryl methyl sites for hydroxylation is 1. The number of guanidine groups is 1. The van der Waals surface area contributed by atoms with Crippen LogP contribution in [0.5, 0.6) is 0 Å². The summed E-state index contributed by atoms with van der Waals surface area (Å²) in [6.07, 6.45) is 3.29. The van der Waals surface area contributed by atoms with Crippen LogP contribution in [0, 0.1) is 6.92 Å². The molecule has 1 amide bonds. The van der Waals surface area contributed by atoms with Crippen molar-refractivity contribution in [1.29, 1.82) is 0 Å². The van der Waals surface area contributed by atoms with Gasteiger partial charge in [-0.05, 0) is 56.0 Å². The van der Waals surface area contributed by atoms with Gasteiger partial charge in [0.15, 0.2) is 5.82 Å². The zero-order valence-electron chi connectivity index (χ0n) is 21.4. The average molecular weight is 521 g/mol. The average Bonchev–Trinajstić information content (AvgIpc) is 3.62. The second-order valence-electron chi connectivity index (χ2n) is 10.2. The summed E-state index contributed by atoms with van der Waals surface area (Å²) >= 11 is 1.60. The molecule has 0 bridgehead atoms. The molecule has 0 unspecified atom stereocenters. The van der Waals surface area contributed by atoms with Crippen molar-refractivity contribution in [2.75, 3.05) is 11.9 Å². The Balaban J connectivity index is 1.29. The molecule has 7 rings (SSSR count). The highest BCUT2D eigenvalue weighted by Gasteiger charge is 2.49. The fourth-order valence-electron chi connectivity index (χ4n) is 5.75. The van der Waals surface area contributed by atoms with Crippen molar-refractivity contribution in [3.63, 3.8) is 0 Å². The molecule has 8 heteroatoms. The molecule has 2 aromatic heterocycles. The Morgan fingerprint density at radius 1 is 0.974 bits per heavy atom. The fraction of sp³-hybridized carbons (Fsp3) is 0.267. The third kappa shape index (κ3) is 3.82. The molecule has 2 atom stereocenters. The van der Waals surface area contributed by atoms with E-state index in [9.17, 15) is 4.79 Å². The van der Waals surface area contributed by atoms with Crippen LogP contribution >= 0.6 is 11.8 Å². The highest BCUT2D eigenvalue weighted by atomic mass is 32.2. The van der Waals surface area contributed by atoms with E-state index in [1.54, 1.807) is 16.7 Å². The van der Waals surface area contributed by atoms with E-state index in [2.05, 4.69) is 46.3 Å². The smallest absolute Gasteiger partial charge is 0.266 e. The normalized spacial score (nSPS) is 19.8. The lowest BCUT2D eigenvalue weighted by atomic mass is 10.1. The molecular weight excluding hydrogens is 492 g/mol. The summed E-state index contributed by atoms with van der Waals surface area (Å²) in [4.78, 5) is 28.3. The van der Waals surface area contributed by atoms with E-state index in [1.165, 1.54) is 0 Å². The van der Waals surface area contributed by atoms with Crippen LogP contribution in [0.4, 0.5) is 5.82 Å². The van der Waals surface area contributed by atoms with Gasteiger partial charge in [0.2, 0.25) is 5.96 Å². The van der Waals surface area contributed by atoms with Crippen molar-refractivity contribution in [2.45, 2.75) is 54.7 Å². The lowest BCUT2D eigenvalue weighted by Gasteiger charge is -2.34. The minimum Gasteiger partial charge on any atom is -0.289 e. The Kier molecular flexibility index (Phi) is 5.58. The van der Waals surface area contributed by atoms with Crippen LogP contribution in [-0.4, -0.2) is 50.7 Å². The standard InChI is InChI=1S/C30H28N6OS/c1-19-8-6-11-23(31-19)21-16-14-20(15-17-21)18-35-29(38-22-9-4-3-5-10-22)26-27(33-35)36-25-13-7-12-24(25)32-30(36)34(2)28(26)37/h3-6,8-11,14-17,24-25H,7,12-13,18H2,1-2H3/t24-,25+/m1/s1. The Morgan fingerprint density at radius 3 is 2.58 bits per heavy atom. The zero-order valence-corrected chi connectivity index (χ0v) is 22.2. The molecule has 2 aliphatic heterocycles. The van der Waals surface area contributed by atoms with E-state index in [0.29, 0.717) is 12.1 Å². The largest absolute Gasteiger partial charge is 0.289 e. The zero-order chi connectivity index (χ0) is 25.8. The van der Waals surface area contributed by atoms with Crippen molar-refractivity contribution in [1.82, 2.24) is 19.7 Å². The summed E-state index contributed by atoms with van der Waals surface area (Å²) in [5.41, 5.74) is 4.84. The quantitative estimate of drug-likeness (QED) is 0.341. The molecule has 1 fully saturated rings. The number of benzene rings is 2. The van der Waals surface area contributed by atoms with E-state index in [4.69, 9.17) is 10.1 Å². The molecule has 2 aromatic carbocycles. The first kappa shape index (κ1) is 23.2. The summed E-state index contributed by atoms with van der Waals surface area (Å²) in [7, 11) is 1.84. The van der Waals surface area contributed by atoms with E-state index in [0.717, 1.165) is 63.5 Å². The Hall–Kier alpha value is -3.91. The third-order valence-electron chi connectivity index (χ3n) is 7.63. The van der Waals surface area contributed by atoms with Gasteiger partial charge in [-0.15, -0.1) is 0 Å². The number of hydrogen-bond donors (Lipinski definition) is 0. The van der Waals surface area contributed by atoms with Gasteiger partial charge >= 0.3 is 0 Å². The number of aliphatic imine (C=N–C) groups is 1. The van der Waals surface area contributed by atoms with E-state index in [-0.39, 0.29) is 18.0 Å². The highest BCUT2D eigenvalue weighted by molar-refractivity contribution is 7.99. The third-order valence-corrected chi connectivity index (χ3v) is 8.75. The monoisotopic (exact) mass is 520 g/mol. The first-order chi connectivity index (χ1) is 18.6. The molecule has 0 saturated heterocycles. The number of anilines is 1. The van der Waals surface area contributed by atoms with Crippen LogP contribution in [0.25, 0.3) is 11.3 Å². The predicted octanol–water partition coefficient (Wildman–Crippen LogP) is 5.64. The lowest BCUT2D eigenvalue weighted by Crippen LogP contribution is -2.51. The first-order valence-corrected chi connectivity index (χ1v) is 13.9. The molecule has 0 radical (unpaired) electrons. The number of rotatable bonds is 5. The molecular formula is C30H28N6OS. The van der Waals surface area contributed by atoms with Crippen molar-refractivity contribution < 1.29 is 4.79 Å². The first-order valence-electron chi connectivity index (χ1n) is 13.1. The van der Waals surface area contributed by atoms with Gasteiger partial charge < -0.3 is 0 Å². The van der Waals surface area contributed by atoms with E-state index < -0.39 is 0 Å². The minimum atomic E-state index is -0.0412. The summed E-state index contributed by atoms with van der Waals surface area (Å²) in [5, 5.41) is 5.97. The van der Waals surface area contributed by atoms with Crippen LogP contribution in [0.2, 0.25) is 0 Å². The minimum absolute atomic E-state index is 0.0412. The second kappa shape index (κ2) is 9.13. The number of nitrogens with zero attached hydrogens (tertiary/aromatic N) is 6. The molecule has 3 aliphatic rings. The van der Waals surface area contributed by atoms with Gasteiger partial charge in [0.05, 0.1) is 24.3 Å². The van der Waals surface area contributed by atoms with Gasteiger partial charge in [0, 0.05) is 23.2 Å². The molecule has 4 heterocycles. The van der Waals surface area contributed by atoms with Crippen molar-refractivity contribution >= 4 is 29.4 Å². The number of fused-ring (bicyclic) bond motifs is 5. The number of amides is 1. The summed E-state index contributed by atoms with van der Waals surface area (Å²) < 4.78 is 2.00. The number of pyridine rings is 1. The van der Waals surface area contributed by atoms with E-state index >= 15 is 0 Å². The van der Waals surface area contributed by atoms with Crippen LogP contribution in [0.15, 0.2) is 87.7 Å². The number of aromatic nitrogens is 3. The van der Waals surface area contributed by atoms with E-state index in [1.807, 2.05) is 55.1 Å². The molecule has 4 aromatic rings. The van der Waals surface area contributed by atoms with Crippen LogP contribution in [-0.2, 0) is 6.54 Å². The van der Waals surface area contributed by atoms with Crippen LogP contribution in [0.1, 0.15) is 40.9 Å².